The fourth-order valence-corrected chi connectivity index (χ4v) is 2.42. The molecule has 0 spiro atoms. The summed E-state index contributed by atoms with van der Waals surface area (Å²) in [6.07, 6.45) is 7.43. The maximum absolute atomic E-state index is 12.0. The van der Waals surface area contributed by atoms with E-state index in [1.807, 2.05) is 13.8 Å². The second-order valence-electron chi connectivity index (χ2n) is 5.33. The summed E-state index contributed by atoms with van der Waals surface area (Å²) >= 11 is 0. The molecule has 2 aliphatic rings. The highest BCUT2D eigenvalue weighted by atomic mass is 16.6. The largest absolute Gasteiger partial charge is 0.463 e. The van der Waals surface area contributed by atoms with E-state index in [2.05, 4.69) is 17.5 Å². The Morgan fingerprint density at radius 2 is 2.32 bits per heavy atom. The molecule has 1 aliphatic carbocycles. The van der Waals surface area contributed by atoms with Crippen molar-refractivity contribution in [3.63, 3.8) is 0 Å². The number of nitrogens with one attached hydrogen (secondary N) is 1. The van der Waals surface area contributed by atoms with Crippen LogP contribution >= 0.6 is 0 Å². The van der Waals surface area contributed by atoms with Crippen molar-refractivity contribution in [2.45, 2.75) is 39.2 Å². The lowest BCUT2D eigenvalue weighted by atomic mass is 9.89. The molecule has 0 bridgehead atoms. The van der Waals surface area contributed by atoms with Crippen molar-refractivity contribution >= 4 is 5.97 Å². The van der Waals surface area contributed by atoms with Crippen LogP contribution in [0.1, 0.15) is 33.1 Å². The topological polar surface area (TPSA) is 47.6 Å². The Morgan fingerprint density at radius 1 is 1.47 bits per heavy atom. The van der Waals surface area contributed by atoms with Gasteiger partial charge in [-0.25, -0.2) is 0 Å². The molecule has 1 aliphatic heterocycles. The van der Waals surface area contributed by atoms with Gasteiger partial charge in [-0.05, 0) is 44.8 Å². The van der Waals surface area contributed by atoms with Crippen molar-refractivity contribution in [1.82, 2.24) is 5.32 Å². The zero-order valence-corrected chi connectivity index (χ0v) is 11.8. The van der Waals surface area contributed by atoms with E-state index in [0.29, 0.717) is 19.8 Å². The Hall–Kier alpha value is -1.29. The van der Waals surface area contributed by atoms with Gasteiger partial charge in [0.25, 0.3) is 0 Å². The molecule has 4 nitrogen and oxygen atoms in total. The molecular weight excluding hydrogens is 242 g/mol. The number of allylic oxidation sites excluding steroid dienone is 3. The van der Waals surface area contributed by atoms with Crippen LogP contribution < -0.4 is 5.32 Å². The Balaban J connectivity index is 1.75. The van der Waals surface area contributed by atoms with E-state index in [-0.39, 0.29) is 18.0 Å². The Kier molecular flexibility index (Phi) is 5.02. The molecule has 1 atom stereocenters. The van der Waals surface area contributed by atoms with E-state index in [9.17, 15) is 4.79 Å². The lowest BCUT2D eigenvalue weighted by Gasteiger charge is -2.28. The number of rotatable bonds is 5. The number of carbonyl (C=O) groups excluding carboxylic acids is 1. The SMILES string of the molecule is CC(C)OCCOC(=O)C1CNC2=C(CCC=C2)C1. The van der Waals surface area contributed by atoms with Crippen LogP contribution in [0.15, 0.2) is 23.4 Å². The first-order valence-electron chi connectivity index (χ1n) is 7.07. The quantitative estimate of drug-likeness (QED) is 0.611. The summed E-state index contributed by atoms with van der Waals surface area (Å²) < 4.78 is 10.6. The van der Waals surface area contributed by atoms with Crippen LogP contribution in [0.4, 0.5) is 0 Å². The van der Waals surface area contributed by atoms with Gasteiger partial charge in [0, 0.05) is 12.2 Å². The molecular formula is C15H23NO3. The second-order valence-corrected chi connectivity index (χ2v) is 5.33. The first-order chi connectivity index (χ1) is 9.16. The Morgan fingerprint density at radius 3 is 3.11 bits per heavy atom. The molecule has 19 heavy (non-hydrogen) atoms. The van der Waals surface area contributed by atoms with E-state index in [0.717, 1.165) is 19.3 Å². The molecule has 1 heterocycles. The van der Waals surface area contributed by atoms with Crippen LogP contribution in [0.2, 0.25) is 0 Å². The first-order valence-corrected chi connectivity index (χ1v) is 7.07. The highest BCUT2D eigenvalue weighted by Gasteiger charge is 2.27. The van der Waals surface area contributed by atoms with E-state index < -0.39 is 0 Å². The van der Waals surface area contributed by atoms with E-state index in [1.165, 1.54) is 11.3 Å². The molecule has 0 aromatic carbocycles. The van der Waals surface area contributed by atoms with Crippen molar-refractivity contribution < 1.29 is 14.3 Å². The van der Waals surface area contributed by atoms with Gasteiger partial charge in [-0.1, -0.05) is 6.08 Å². The van der Waals surface area contributed by atoms with E-state index in [4.69, 9.17) is 9.47 Å². The number of hydrogen-bond donors (Lipinski definition) is 1. The molecule has 1 N–H and O–H groups in total. The molecule has 0 fully saturated rings. The average Bonchev–Trinajstić information content (AvgIpc) is 2.42. The minimum absolute atomic E-state index is 0.0516. The summed E-state index contributed by atoms with van der Waals surface area (Å²) in [7, 11) is 0. The minimum atomic E-state index is -0.110. The summed E-state index contributed by atoms with van der Waals surface area (Å²) in [5.41, 5.74) is 2.56. The number of carbonyl (C=O) groups is 1. The Labute approximate surface area is 114 Å². The highest BCUT2D eigenvalue weighted by molar-refractivity contribution is 5.73. The predicted molar refractivity (Wildman–Crippen MR) is 73.6 cm³/mol. The first kappa shape index (κ1) is 14.1. The van der Waals surface area contributed by atoms with Crippen molar-refractivity contribution in [3.05, 3.63) is 23.4 Å². The fraction of sp³-hybridized carbons (Fsp3) is 0.667. The monoisotopic (exact) mass is 265 g/mol. The predicted octanol–water partition coefficient (Wildman–Crippen LogP) is 2.17. The average molecular weight is 265 g/mol. The molecule has 0 radical (unpaired) electrons. The normalized spacial score (nSPS) is 22.2. The van der Waals surface area contributed by atoms with Gasteiger partial charge in [0.2, 0.25) is 0 Å². The lowest BCUT2D eigenvalue weighted by molar-refractivity contribution is -0.150. The summed E-state index contributed by atoms with van der Waals surface area (Å²) in [5, 5.41) is 3.32. The lowest BCUT2D eigenvalue weighted by Crippen LogP contribution is -2.35. The molecule has 0 saturated heterocycles. The second kappa shape index (κ2) is 6.75. The van der Waals surface area contributed by atoms with Gasteiger partial charge in [-0.3, -0.25) is 4.79 Å². The summed E-state index contributed by atoms with van der Waals surface area (Å²) in [6.45, 7) is 5.43. The van der Waals surface area contributed by atoms with Crippen LogP contribution in [-0.4, -0.2) is 31.8 Å². The van der Waals surface area contributed by atoms with Gasteiger partial charge >= 0.3 is 5.97 Å². The standard InChI is InChI=1S/C15H23NO3/c1-11(2)18-7-8-19-15(17)13-9-12-5-3-4-6-14(12)16-10-13/h4,6,11,13,16H,3,5,7-10H2,1-2H3. The van der Waals surface area contributed by atoms with Gasteiger partial charge < -0.3 is 14.8 Å². The van der Waals surface area contributed by atoms with Crippen molar-refractivity contribution in [1.29, 1.82) is 0 Å². The summed E-state index contributed by atoms with van der Waals surface area (Å²) in [5.74, 6) is -0.162. The number of ether oxygens (including phenoxy) is 2. The van der Waals surface area contributed by atoms with E-state index >= 15 is 0 Å². The molecule has 106 valence electrons. The van der Waals surface area contributed by atoms with Crippen LogP contribution in [0.3, 0.4) is 0 Å². The van der Waals surface area contributed by atoms with Gasteiger partial charge in [-0.2, -0.15) is 0 Å². The summed E-state index contributed by atoms with van der Waals surface area (Å²) in [6, 6.07) is 0. The smallest absolute Gasteiger partial charge is 0.311 e. The highest BCUT2D eigenvalue weighted by Crippen LogP contribution is 2.28. The third-order valence-corrected chi connectivity index (χ3v) is 3.42. The van der Waals surface area contributed by atoms with Gasteiger partial charge in [0.15, 0.2) is 0 Å². The van der Waals surface area contributed by atoms with Crippen LogP contribution in [0.5, 0.6) is 0 Å². The molecule has 0 amide bonds. The van der Waals surface area contributed by atoms with Crippen LogP contribution in [-0.2, 0) is 14.3 Å². The van der Waals surface area contributed by atoms with Gasteiger partial charge in [-0.15, -0.1) is 0 Å². The molecule has 0 saturated carbocycles. The van der Waals surface area contributed by atoms with E-state index in [1.54, 1.807) is 0 Å². The van der Waals surface area contributed by atoms with Crippen molar-refractivity contribution in [2.24, 2.45) is 5.92 Å². The van der Waals surface area contributed by atoms with Crippen molar-refractivity contribution in [2.75, 3.05) is 19.8 Å². The van der Waals surface area contributed by atoms with Crippen molar-refractivity contribution in [3.8, 4) is 0 Å². The molecule has 1 unspecified atom stereocenters. The molecule has 2 rings (SSSR count). The van der Waals surface area contributed by atoms with Crippen LogP contribution in [0.25, 0.3) is 0 Å². The Bertz CT molecular complexity index is 385. The molecule has 4 heteroatoms. The van der Waals surface area contributed by atoms with Crippen LogP contribution in [0, 0.1) is 5.92 Å². The molecule has 0 aromatic heterocycles. The zero-order chi connectivity index (χ0) is 13.7. The maximum atomic E-state index is 12.0. The fourth-order valence-electron chi connectivity index (χ4n) is 2.42. The number of esters is 1. The van der Waals surface area contributed by atoms with Gasteiger partial charge in [0.1, 0.15) is 6.61 Å². The van der Waals surface area contributed by atoms with Gasteiger partial charge in [0.05, 0.1) is 18.6 Å². The number of hydrogen-bond acceptors (Lipinski definition) is 4. The maximum Gasteiger partial charge on any atom is 0.311 e. The minimum Gasteiger partial charge on any atom is -0.463 e. The molecule has 0 aromatic rings. The zero-order valence-electron chi connectivity index (χ0n) is 11.8. The summed E-state index contributed by atoms with van der Waals surface area (Å²) in [4.78, 5) is 12.0. The third kappa shape index (κ3) is 4.10. The third-order valence-electron chi connectivity index (χ3n) is 3.42.